The Bertz CT molecular complexity index is 454. The molecule has 0 aliphatic rings. The number of aromatic nitrogens is 2. The molecule has 1 aromatic carbocycles. The van der Waals surface area contributed by atoms with Gasteiger partial charge in [0.2, 0.25) is 0 Å². The van der Waals surface area contributed by atoms with Crippen molar-refractivity contribution >= 4 is 5.69 Å². The molecular formula is C11H11N3O. The average Bonchev–Trinajstić information content (AvgIpc) is 2.25. The summed E-state index contributed by atoms with van der Waals surface area (Å²) in [5.74, 6) is 1.91. The van der Waals surface area contributed by atoms with Crippen molar-refractivity contribution in [1.82, 2.24) is 9.97 Å². The van der Waals surface area contributed by atoms with Crippen molar-refractivity contribution in [3.8, 4) is 11.5 Å². The van der Waals surface area contributed by atoms with E-state index >= 15 is 0 Å². The van der Waals surface area contributed by atoms with Crippen molar-refractivity contribution < 1.29 is 4.74 Å². The summed E-state index contributed by atoms with van der Waals surface area (Å²) in [6, 6.07) is 7.30. The van der Waals surface area contributed by atoms with Gasteiger partial charge in [0.1, 0.15) is 11.6 Å². The highest BCUT2D eigenvalue weighted by molar-refractivity contribution is 5.53. The molecule has 4 nitrogen and oxygen atoms in total. The van der Waals surface area contributed by atoms with Crippen LogP contribution in [0.2, 0.25) is 0 Å². The first-order chi connectivity index (χ1) is 7.25. The molecule has 0 aliphatic carbocycles. The fraction of sp³-hybridized carbons (Fsp3) is 0.0909. The lowest BCUT2D eigenvalue weighted by Gasteiger charge is -2.06. The standard InChI is InChI=1S/C11H11N3O/c1-8-13-6-9(7-14-8)15-11-5-3-2-4-10(11)12/h2-7H,12H2,1H3. The number of para-hydroxylation sites is 2. The van der Waals surface area contributed by atoms with Gasteiger partial charge in [-0.25, -0.2) is 9.97 Å². The van der Waals surface area contributed by atoms with Crippen molar-refractivity contribution in [1.29, 1.82) is 0 Å². The minimum Gasteiger partial charge on any atom is -0.452 e. The largest absolute Gasteiger partial charge is 0.452 e. The Balaban J connectivity index is 2.22. The second-order valence-corrected chi connectivity index (χ2v) is 3.11. The van der Waals surface area contributed by atoms with E-state index in [-0.39, 0.29) is 0 Å². The number of rotatable bonds is 2. The summed E-state index contributed by atoms with van der Waals surface area (Å²) >= 11 is 0. The van der Waals surface area contributed by atoms with Crippen LogP contribution in [0.5, 0.6) is 11.5 Å². The lowest BCUT2D eigenvalue weighted by molar-refractivity contribution is 0.479. The van der Waals surface area contributed by atoms with Gasteiger partial charge in [0.05, 0.1) is 18.1 Å². The van der Waals surface area contributed by atoms with Gasteiger partial charge in [0.15, 0.2) is 5.75 Å². The van der Waals surface area contributed by atoms with Crippen molar-refractivity contribution in [2.45, 2.75) is 6.92 Å². The molecule has 2 rings (SSSR count). The summed E-state index contributed by atoms with van der Waals surface area (Å²) in [4.78, 5) is 8.06. The van der Waals surface area contributed by atoms with Crippen LogP contribution >= 0.6 is 0 Å². The molecule has 15 heavy (non-hydrogen) atoms. The summed E-state index contributed by atoms with van der Waals surface area (Å²) in [5.41, 5.74) is 6.33. The molecule has 0 saturated carbocycles. The van der Waals surface area contributed by atoms with E-state index in [0.29, 0.717) is 23.0 Å². The predicted octanol–water partition coefficient (Wildman–Crippen LogP) is 2.16. The van der Waals surface area contributed by atoms with E-state index in [9.17, 15) is 0 Å². The zero-order valence-corrected chi connectivity index (χ0v) is 8.34. The van der Waals surface area contributed by atoms with Crippen LogP contribution in [0.1, 0.15) is 5.82 Å². The zero-order valence-electron chi connectivity index (χ0n) is 8.34. The molecule has 0 saturated heterocycles. The molecule has 76 valence electrons. The fourth-order valence-corrected chi connectivity index (χ4v) is 1.13. The van der Waals surface area contributed by atoms with Crippen LogP contribution < -0.4 is 10.5 Å². The van der Waals surface area contributed by atoms with Gasteiger partial charge < -0.3 is 10.5 Å². The molecule has 0 bridgehead atoms. The van der Waals surface area contributed by atoms with Crippen LogP contribution in [0.3, 0.4) is 0 Å². The maximum absolute atomic E-state index is 5.73. The molecule has 2 N–H and O–H groups in total. The Kier molecular flexibility index (Phi) is 2.49. The number of anilines is 1. The molecule has 0 amide bonds. The summed E-state index contributed by atoms with van der Waals surface area (Å²) in [6.45, 7) is 1.82. The molecule has 0 fully saturated rings. The molecule has 1 aromatic heterocycles. The molecule has 2 aromatic rings. The lowest BCUT2D eigenvalue weighted by atomic mass is 10.3. The van der Waals surface area contributed by atoms with Gasteiger partial charge in [-0.05, 0) is 19.1 Å². The number of nitrogens with zero attached hydrogens (tertiary/aromatic N) is 2. The Morgan fingerprint density at radius 2 is 1.80 bits per heavy atom. The van der Waals surface area contributed by atoms with E-state index in [1.54, 1.807) is 24.5 Å². The third-order valence-electron chi connectivity index (χ3n) is 1.90. The second kappa shape index (κ2) is 3.96. The van der Waals surface area contributed by atoms with Crippen LogP contribution in [0.25, 0.3) is 0 Å². The van der Waals surface area contributed by atoms with E-state index < -0.39 is 0 Å². The highest BCUT2D eigenvalue weighted by Gasteiger charge is 2.01. The first kappa shape index (κ1) is 9.45. The van der Waals surface area contributed by atoms with Crippen molar-refractivity contribution in [2.24, 2.45) is 0 Å². The van der Waals surface area contributed by atoms with E-state index in [2.05, 4.69) is 9.97 Å². The van der Waals surface area contributed by atoms with Crippen LogP contribution in [0.15, 0.2) is 36.7 Å². The number of aryl methyl sites for hydroxylation is 1. The monoisotopic (exact) mass is 201 g/mol. The number of nitrogen functional groups attached to an aromatic ring is 1. The fourth-order valence-electron chi connectivity index (χ4n) is 1.13. The van der Waals surface area contributed by atoms with Crippen LogP contribution in [-0.2, 0) is 0 Å². The maximum atomic E-state index is 5.73. The SMILES string of the molecule is Cc1ncc(Oc2ccccc2N)cn1. The summed E-state index contributed by atoms with van der Waals surface area (Å²) in [6.07, 6.45) is 3.24. The lowest BCUT2D eigenvalue weighted by Crippen LogP contribution is -1.93. The molecule has 1 heterocycles. The third-order valence-corrected chi connectivity index (χ3v) is 1.90. The maximum Gasteiger partial charge on any atom is 0.164 e. The number of hydrogen-bond donors (Lipinski definition) is 1. The van der Waals surface area contributed by atoms with Crippen molar-refractivity contribution in [2.75, 3.05) is 5.73 Å². The Labute approximate surface area is 87.7 Å². The van der Waals surface area contributed by atoms with E-state index in [1.165, 1.54) is 0 Å². The number of nitrogens with two attached hydrogens (primary N) is 1. The number of benzene rings is 1. The van der Waals surface area contributed by atoms with Gasteiger partial charge in [-0.2, -0.15) is 0 Å². The molecule has 0 aliphatic heterocycles. The van der Waals surface area contributed by atoms with Crippen molar-refractivity contribution in [3.63, 3.8) is 0 Å². The van der Waals surface area contributed by atoms with Gasteiger partial charge in [-0.3, -0.25) is 0 Å². The zero-order chi connectivity index (χ0) is 10.7. The predicted molar refractivity (Wildman–Crippen MR) is 57.7 cm³/mol. The molecule has 0 spiro atoms. The molecule has 4 heteroatoms. The summed E-state index contributed by atoms with van der Waals surface area (Å²) < 4.78 is 5.51. The first-order valence-electron chi connectivity index (χ1n) is 4.57. The van der Waals surface area contributed by atoms with Crippen molar-refractivity contribution in [3.05, 3.63) is 42.5 Å². The Hall–Kier alpha value is -2.10. The number of hydrogen-bond acceptors (Lipinski definition) is 4. The molecule has 0 unspecified atom stereocenters. The quantitative estimate of drug-likeness (QED) is 0.756. The number of ether oxygens (including phenoxy) is 1. The molecule has 0 radical (unpaired) electrons. The highest BCUT2D eigenvalue weighted by atomic mass is 16.5. The smallest absolute Gasteiger partial charge is 0.164 e. The minimum atomic E-state index is 0.582. The second-order valence-electron chi connectivity index (χ2n) is 3.11. The minimum absolute atomic E-state index is 0.582. The van der Waals surface area contributed by atoms with Crippen LogP contribution in [0.4, 0.5) is 5.69 Å². The van der Waals surface area contributed by atoms with E-state index in [1.807, 2.05) is 19.1 Å². The summed E-state index contributed by atoms with van der Waals surface area (Å²) in [5, 5.41) is 0. The van der Waals surface area contributed by atoms with E-state index in [0.717, 1.165) is 0 Å². The topological polar surface area (TPSA) is 61.0 Å². The van der Waals surface area contributed by atoms with Gasteiger partial charge in [-0.15, -0.1) is 0 Å². The molecular weight excluding hydrogens is 190 g/mol. The molecule has 0 atom stereocenters. The van der Waals surface area contributed by atoms with Gasteiger partial charge in [0.25, 0.3) is 0 Å². The highest BCUT2D eigenvalue weighted by Crippen LogP contribution is 2.25. The summed E-state index contributed by atoms with van der Waals surface area (Å²) in [7, 11) is 0. The first-order valence-corrected chi connectivity index (χ1v) is 4.57. The Morgan fingerprint density at radius 1 is 1.13 bits per heavy atom. The van der Waals surface area contributed by atoms with Gasteiger partial charge in [-0.1, -0.05) is 12.1 Å². The normalized spacial score (nSPS) is 9.93. The van der Waals surface area contributed by atoms with Gasteiger partial charge in [0, 0.05) is 0 Å². The third kappa shape index (κ3) is 2.22. The Morgan fingerprint density at radius 3 is 2.47 bits per heavy atom. The van der Waals surface area contributed by atoms with Crippen LogP contribution in [0, 0.1) is 6.92 Å². The van der Waals surface area contributed by atoms with E-state index in [4.69, 9.17) is 10.5 Å². The average molecular weight is 201 g/mol. The van der Waals surface area contributed by atoms with Crippen LogP contribution in [-0.4, -0.2) is 9.97 Å². The van der Waals surface area contributed by atoms with Gasteiger partial charge >= 0.3 is 0 Å².